The average molecular weight is 298 g/mol. The van der Waals surface area contributed by atoms with Crippen LogP contribution in [0.3, 0.4) is 0 Å². The van der Waals surface area contributed by atoms with Gasteiger partial charge in [-0.05, 0) is 48.4 Å². The van der Waals surface area contributed by atoms with Gasteiger partial charge in [-0.25, -0.2) is 4.98 Å². The van der Waals surface area contributed by atoms with E-state index >= 15 is 0 Å². The number of hydrogen-bond acceptors (Lipinski definition) is 2. The van der Waals surface area contributed by atoms with E-state index in [0.29, 0.717) is 0 Å². The zero-order chi connectivity index (χ0) is 13.5. The van der Waals surface area contributed by atoms with E-state index in [0.717, 1.165) is 30.0 Å². The second-order valence-corrected chi connectivity index (χ2v) is 5.26. The van der Waals surface area contributed by atoms with Gasteiger partial charge in [-0.1, -0.05) is 18.2 Å². The summed E-state index contributed by atoms with van der Waals surface area (Å²) in [6, 6.07) is 16.8. The van der Waals surface area contributed by atoms with Crippen molar-refractivity contribution in [1.82, 2.24) is 4.98 Å². The SMILES string of the molecule is Cc1cc(-c2ccc3c(c2)CCO3)nc2ccccc12.Cl. The number of aromatic nitrogens is 1. The Hall–Kier alpha value is -2.06. The van der Waals surface area contributed by atoms with Gasteiger partial charge >= 0.3 is 0 Å². The molecule has 0 spiro atoms. The molecular formula is C18H16ClNO. The lowest BCUT2D eigenvalue weighted by atomic mass is 10.0. The Morgan fingerprint density at radius 2 is 1.90 bits per heavy atom. The van der Waals surface area contributed by atoms with Crippen LogP contribution in [0.1, 0.15) is 11.1 Å². The van der Waals surface area contributed by atoms with Gasteiger partial charge in [0.25, 0.3) is 0 Å². The smallest absolute Gasteiger partial charge is 0.122 e. The highest BCUT2D eigenvalue weighted by molar-refractivity contribution is 5.85. The summed E-state index contributed by atoms with van der Waals surface area (Å²) in [5, 5.41) is 1.22. The summed E-state index contributed by atoms with van der Waals surface area (Å²) in [4.78, 5) is 4.79. The van der Waals surface area contributed by atoms with Gasteiger partial charge in [-0.2, -0.15) is 0 Å². The molecule has 2 heterocycles. The normalized spacial score (nSPS) is 12.6. The van der Waals surface area contributed by atoms with Crippen molar-refractivity contribution in [3.8, 4) is 17.0 Å². The zero-order valence-electron chi connectivity index (χ0n) is 11.8. The highest BCUT2D eigenvalue weighted by Crippen LogP contribution is 2.31. The maximum absolute atomic E-state index is 5.56. The summed E-state index contributed by atoms with van der Waals surface area (Å²) in [5.41, 5.74) is 5.82. The van der Waals surface area contributed by atoms with Crippen molar-refractivity contribution in [3.05, 3.63) is 59.7 Å². The van der Waals surface area contributed by atoms with E-state index in [1.165, 1.54) is 22.1 Å². The first-order valence-electron chi connectivity index (χ1n) is 6.94. The minimum Gasteiger partial charge on any atom is -0.493 e. The van der Waals surface area contributed by atoms with Crippen LogP contribution < -0.4 is 4.74 Å². The van der Waals surface area contributed by atoms with Crippen molar-refractivity contribution in [2.24, 2.45) is 0 Å². The van der Waals surface area contributed by atoms with Crippen molar-refractivity contribution in [2.45, 2.75) is 13.3 Å². The third kappa shape index (κ3) is 2.36. The lowest BCUT2D eigenvalue weighted by Crippen LogP contribution is -1.89. The summed E-state index contributed by atoms with van der Waals surface area (Å²) >= 11 is 0. The summed E-state index contributed by atoms with van der Waals surface area (Å²) in [5.74, 6) is 1.02. The highest BCUT2D eigenvalue weighted by Gasteiger charge is 2.13. The molecule has 0 saturated carbocycles. The lowest BCUT2D eigenvalue weighted by Gasteiger charge is -2.08. The molecular weight excluding hydrogens is 282 g/mol. The van der Waals surface area contributed by atoms with Gasteiger partial charge in [0.15, 0.2) is 0 Å². The van der Waals surface area contributed by atoms with Crippen molar-refractivity contribution in [2.75, 3.05) is 6.61 Å². The standard InChI is InChI=1S/C18H15NO.ClH/c1-12-10-17(19-16-5-3-2-4-15(12)16)13-6-7-18-14(11-13)8-9-20-18;/h2-7,10-11H,8-9H2,1H3;1H. The molecule has 1 aliphatic rings. The fraction of sp³-hybridized carbons (Fsp3) is 0.167. The number of hydrogen-bond donors (Lipinski definition) is 0. The highest BCUT2D eigenvalue weighted by atomic mass is 35.5. The van der Waals surface area contributed by atoms with E-state index in [1.54, 1.807) is 0 Å². The molecule has 1 aromatic heterocycles. The van der Waals surface area contributed by atoms with Crippen LogP contribution in [0.5, 0.6) is 5.75 Å². The minimum absolute atomic E-state index is 0. The maximum atomic E-state index is 5.56. The molecule has 106 valence electrons. The lowest BCUT2D eigenvalue weighted by molar-refractivity contribution is 0.357. The molecule has 0 fully saturated rings. The van der Waals surface area contributed by atoms with Crippen LogP contribution in [0, 0.1) is 6.92 Å². The van der Waals surface area contributed by atoms with Crippen LogP contribution in [-0.4, -0.2) is 11.6 Å². The van der Waals surface area contributed by atoms with Crippen molar-refractivity contribution in [1.29, 1.82) is 0 Å². The Morgan fingerprint density at radius 1 is 1.05 bits per heavy atom. The second-order valence-electron chi connectivity index (χ2n) is 5.26. The number of pyridine rings is 1. The van der Waals surface area contributed by atoms with Crippen molar-refractivity contribution in [3.63, 3.8) is 0 Å². The first-order chi connectivity index (χ1) is 9.81. The Morgan fingerprint density at radius 3 is 2.81 bits per heavy atom. The molecule has 3 heteroatoms. The fourth-order valence-electron chi connectivity index (χ4n) is 2.84. The first kappa shape index (κ1) is 13.9. The maximum Gasteiger partial charge on any atom is 0.122 e. The quantitative estimate of drug-likeness (QED) is 0.656. The Balaban J connectivity index is 0.00000132. The topological polar surface area (TPSA) is 22.1 Å². The third-order valence-corrected chi connectivity index (χ3v) is 3.91. The van der Waals surface area contributed by atoms with E-state index in [1.807, 2.05) is 6.07 Å². The number of halogens is 1. The zero-order valence-corrected chi connectivity index (χ0v) is 12.6. The van der Waals surface area contributed by atoms with Crippen LogP contribution in [0.2, 0.25) is 0 Å². The monoisotopic (exact) mass is 297 g/mol. The molecule has 0 bridgehead atoms. The van der Waals surface area contributed by atoms with E-state index < -0.39 is 0 Å². The summed E-state index contributed by atoms with van der Waals surface area (Å²) < 4.78 is 5.56. The van der Waals surface area contributed by atoms with E-state index in [9.17, 15) is 0 Å². The molecule has 21 heavy (non-hydrogen) atoms. The van der Waals surface area contributed by atoms with E-state index in [4.69, 9.17) is 9.72 Å². The van der Waals surface area contributed by atoms with Gasteiger partial charge in [-0.3, -0.25) is 0 Å². The Kier molecular flexibility index (Phi) is 3.56. The molecule has 0 atom stereocenters. The molecule has 0 amide bonds. The molecule has 2 aromatic carbocycles. The Bertz CT molecular complexity index is 813. The van der Waals surface area contributed by atoms with Crippen LogP contribution >= 0.6 is 12.4 Å². The molecule has 3 aromatic rings. The van der Waals surface area contributed by atoms with Crippen LogP contribution in [-0.2, 0) is 6.42 Å². The third-order valence-electron chi connectivity index (χ3n) is 3.91. The van der Waals surface area contributed by atoms with Crippen LogP contribution in [0.15, 0.2) is 48.5 Å². The molecule has 2 nitrogen and oxygen atoms in total. The number of fused-ring (bicyclic) bond motifs is 2. The van der Waals surface area contributed by atoms with Crippen molar-refractivity contribution < 1.29 is 4.74 Å². The molecule has 0 aliphatic carbocycles. The van der Waals surface area contributed by atoms with Crippen molar-refractivity contribution >= 4 is 23.3 Å². The predicted molar refractivity (Wildman–Crippen MR) is 88.4 cm³/mol. The van der Waals surface area contributed by atoms with Gasteiger partial charge in [0.1, 0.15) is 5.75 Å². The van der Waals surface area contributed by atoms with Gasteiger partial charge in [-0.15, -0.1) is 12.4 Å². The molecule has 0 N–H and O–H groups in total. The summed E-state index contributed by atoms with van der Waals surface area (Å²) in [7, 11) is 0. The number of ether oxygens (including phenoxy) is 1. The summed E-state index contributed by atoms with van der Waals surface area (Å²) in [6.07, 6.45) is 0.996. The molecule has 0 radical (unpaired) electrons. The Labute approximate surface area is 130 Å². The molecule has 1 aliphatic heterocycles. The molecule has 4 rings (SSSR count). The van der Waals surface area contributed by atoms with Gasteiger partial charge in [0.05, 0.1) is 17.8 Å². The van der Waals surface area contributed by atoms with Crippen LogP contribution in [0.25, 0.3) is 22.2 Å². The number of nitrogens with zero attached hydrogens (tertiary/aromatic N) is 1. The number of aryl methyl sites for hydroxylation is 1. The van der Waals surface area contributed by atoms with Gasteiger partial charge in [0.2, 0.25) is 0 Å². The number of benzene rings is 2. The van der Waals surface area contributed by atoms with Crippen LogP contribution in [0.4, 0.5) is 0 Å². The average Bonchev–Trinajstić information content (AvgIpc) is 2.94. The summed E-state index contributed by atoms with van der Waals surface area (Å²) in [6.45, 7) is 2.94. The molecule has 0 saturated heterocycles. The molecule has 0 unspecified atom stereocenters. The fourth-order valence-corrected chi connectivity index (χ4v) is 2.84. The van der Waals surface area contributed by atoms with Gasteiger partial charge < -0.3 is 4.74 Å². The van der Waals surface area contributed by atoms with E-state index in [-0.39, 0.29) is 12.4 Å². The first-order valence-corrected chi connectivity index (χ1v) is 6.94. The minimum atomic E-state index is 0. The largest absolute Gasteiger partial charge is 0.493 e. The van der Waals surface area contributed by atoms with E-state index in [2.05, 4.69) is 49.4 Å². The number of rotatable bonds is 1. The predicted octanol–water partition coefficient (Wildman–Crippen LogP) is 4.57. The number of para-hydroxylation sites is 1. The van der Waals surface area contributed by atoms with Gasteiger partial charge in [0, 0.05) is 17.4 Å². The second kappa shape index (κ2) is 5.38.